The first-order valence-electron chi connectivity index (χ1n) is 8.04. The number of benzene rings is 2. The van der Waals surface area contributed by atoms with Crippen LogP contribution in [-0.4, -0.2) is 5.78 Å². The molecule has 0 bridgehead atoms. The van der Waals surface area contributed by atoms with Crippen molar-refractivity contribution in [2.24, 2.45) is 0 Å². The van der Waals surface area contributed by atoms with Crippen molar-refractivity contribution in [1.29, 1.82) is 0 Å². The number of nitrogens with two attached hydrogens (primary N) is 1. The molecular weight excluding hydrogens is 302 g/mol. The zero-order valence-electron chi connectivity index (χ0n) is 13.8. The molecule has 24 heavy (non-hydrogen) atoms. The van der Waals surface area contributed by atoms with Crippen molar-refractivity contribution in [2.75, 3.05) is 5.73 Å². The number of ketones is 1. The van der Waals surface area contributed by atoms with Gasteiger partial charge in [0.1, 0.15) is 11.1 Å². The Kier molecular flexibility index (Phi) is 4.21. The first kappa shape index (κ1) is 16.0. The van der Waals surface area contributed by atoms with Crippen molar-refractivity contribution in [3.63, 3.8) is 0 Å². The smallest absolute Gasteiger partial charge is 0.347 e. The molecule has 2 aromatic carbocycles. The number of anilines is 1. The van der Waals surface area contributed by atoms with Gasteiger partial charge in [-0.2, -0.15) is 0 Å². The molecule has 3 rings (SSSR count). The van der Waals surface area contributed by atoms with Crippen molar-refractivity contribution in [3.8, 4) is 0 Å². The second-order valence-electron chi connectivity index (χ2n) is 5.70. The second kappa shape index (κ2) is 6.32. The molecule has 1 heterocycles. The summed E-state index contributed by atoms with van der Waals surface area (Å²) in [5.41, 5.74) is 8.59. The molecule has 0 aliphatic carbocycles. The van der Waals surface area contributed by atoms with Crippen molar-refractivity contribution >= 4 is 22.4 Å². The van der Waals surface area contributed by atoms with Crippen LogP contribution in [0.4, 0.5) is 5.69 Å². The molecule has 0 spiro atoms. The number of hydrogen-bond acceptors (Lipinski definition) is 4. The standard InChI is InChI=1S/C20H19NO3/c1-3-12-10-14(21)11-16-17(12)15(4-2)18(20(23)24-16)19(22)13-8-6-5-7-9-13/h5-11H,3-4,21H2,1-2H3. The number of carbonyl (C=O) groups excluding carboxylic acids is 1. The molecule has 3 aromatic rings. The van der Waals surface area contributed by atoms with E-state index in [0.717, 1.165) is 22.9 Å². The Morgan fingerprint density at radius 2 is 1.79 bits per heavy atom. The van der Waals surface area contributed by atoms with Gasteiger partial charge in [-0.3, -0.25) is 4.79 Å². The molecule has 0 fully saturated rings. The highest BCUT2D eigenvalue weighted by Crippen LogP contribution is 2.28. The van der Waals surface area contributed by atoms with Gasteiger partial charge in [0.2, 0.25) is 5.78 Å². The van der Waals surface area contributed by atoms with Gasteiger partial charge in [0, 0.05) is 22.7 Å². The molecule has 0 amide bonds. The summed E-state index contributed by atoms with van der Waals surface area (Å²) in [4.78, 5) is 25.4. The Morgan fingerprint density at radius 3 is 2.42 bits per heavy atom. The lowest BCUT2D eigenvalue weighted by Crippen LogP contribution is -2.19. The molecule has 1 aromatic heterocycles. The fourth-order valence-corrected chi connectivity index (χ4v) is 3.11. The minimum atomic E-state index is -0.610. The van der Waals surface area contributed by atoms with Crippen LogP contribution in [-0.2, 0) is 12.8 Å². The maximum Gasteiger partial charge on any atom is 0.347 e. The Bertz CT molecular complexity index is 972. The molecule has 4 nitrogen and oxygen atoms in total. The van der Waals surface area contributed by atoms with Gasteiger partial charge in [-0.1, -0.05) is 44.2 Å². The van der Waals surface area contributed by atoms with Gasteiger partial charge in [0.05, 0.1) is 0 Å². The quantitative estimate of drug-likeness (QED) is 0.451. The summed E-state index contributed by atoms with van der Waals surface area (Å²) in [5.74, 6) is -0.304. The first-order valence-corrected chi connectivity index (χ1v) is 8.04. The zero-order chi connectivity index (χ0) is 17.3. The van der Waals surface area contributed by atoms with Crippen molar-refractivity contribution in [3.05, 3.63) is 75.1 Å². The molecule has 0 aliphatic heterocycles. The monoisotopic (exact) mass is 321 g/mol. The Morgan fingerprint density at radius 1 is 1.08 bits per heavy atom. The second-order valence-corrected chi connectivity index (χ2v) is 5.70. The fourth-order valence-electron chi connectivity index (χ4n) is 3.11. The third kappa shape index (κ3) is 2.60. The van der Waals surface area contributed by atoms with E-state index >= 15 is 0 Å². The van der Waals surface area contributed by atoms with Crippen LogP contribution >= 0.6 is 0 Å². The van der Waals surface area contributed by atoms with E-state index in [1.807, 2.05) is 26.0 Å². The lowest BCUT2D eigenvalue weighted by atomic mass is 9.92. The van der Waals surface area contributed by atoms with Crippen LogP contribution in [0, 0.1) is 0 Å². The van der Waals surface area contributed by atoms with Gasteiger partial charge >= 0.3 is 5.63 Å². The summed E-state index contributed by atoms with van der Waals surface area (Å²) in [6.45, 7) is 3.95. The predicted molar refractivity (Wildman–Crippen MR) is 95.5 cm³/mol. The largest absolute Gasteiger partial charge is 0.422 e. The Labute approximate surface area is 139 Å². The zero-order valence-corrected chi connectivity index (χ0v) is 13.8. The molecule has 4 heteroatoms. The van der Waals surface area contributed by atoms with Gasteiger partial charge in [-0.15, -0.1) is 0 Å². The van der Waals surface area contributed by atoms with E-state index < -0.39 is 5.63 Å². The van der Waals surface area contributed by atoms with E-state index in [0.29, 0.717) is 23.3 Å². The number of hydrogen-bond donors (Lipinski definition) is 1. The highest BCUT2D eigenvalue weighted by molar-refractivity contribution is 6.11. The minimum Gasteiger partial charge on any atom is -0.422 e. The molecule has 0 saturated heterocycles. The van der Waals surface area contributed by atoms with E-state index in [2.05, 4.69) is 0 Å². The van der Waals surface area contributed by atoms with Gasteiger partial charge in [-0.05, 0) is 30.0 Å². The van der Waals surface area contributed by atoms with E-state index in [1.165, 1.54) is 0 Å². The average Bonchev–Trinajstić information content (AvgIpc) is 2.59. The van der Waals surface area contributed by atoms with E-state index in [4.69, 9.17) is 10.2 Å². The van der Waals surface area contributed by atoms with Crippen molar-refractivity contribution in [2.45, 2.75) is 26.7 Å². The lowest BCUT2D eigenvalue weighted by molar-refractivity contribution is 0.103. The highest BCUT2D eigenvalue weighted by atomic mass is 16.4. The molecule has 0 saturated carbocycles. The van der Waals surface area contributed by atoms with Gasteiger partial charge in [0.15, 0.2) is 0 Å². The summed E-state index contributed by atoms with van der Waals surface area (Å²) in [6, 6.07) is 12.3. The van der Waals surface area contributed by atoms with Crippen LogP contribution in [0.2, 0.25) is 0 Å². The SMILES string of the molecule is CCc1cc(N)cc2oc(=O)c(C(=O)c3ccccc3)c(CC)c12. The average molecular weight is 321 g/mol. The number of nitrogen functional groups attached to an aromatic ring is 1. The van der Waals surface area contributed by atoms with E-state index in [-0.39, 0.29) is 11.3 Å². The first-order chi connectivity index (χ1) is 11.6. The molecule has 2 N–H and O–H groups in total. The molecular formula is C20H19NO3. The van der Waals surface area contributed by atoms with Gasteiger partial charge in [-0.25, -0.2) is 4.79 Å². The van der Waals surface area contributed by atoms with Crippen LogP contribution in [0.5, 0.6) is 0 Å². The van der Waals surface area contributed by atoms with Crippen LogP contribution in [0.15, 0.2) is 51.7 Å². The van der Waals surface area contributed by atoms with Gasteiger partial charge < -0.3 is 10.2 Å². The van der Waals surface area contributed by atoms with Crippen molar-refractivity contribution < 1.29 is 9.21 Å². The summed E-state index contributed by atoms with van der Waals surface area (Å²) in [5, 5.41) is 0.827. The summed E-state index contributed by atoms with van der Waals surface area (Å²) in [7, 11) is 0. The number of rotatable bonds is 4. The molecule has 0 unspecified atom stereocenters. The molecule has 0 radical (unpaired) electrons. The number of aryl methyl sites for hydroxylation is 2. The molecule has 0 atom stereocenters. The maximum absolute atomic E-state index is 12.9. The van der Waals surface area contributed by atoms with Crippen molar-refractivity contribution in [1.82, 2.24) is 0 Å². The van der Waals surface area contributed by atoms with Crippen LogP contribution in [0.25, 0.3) is 11.0 Å². The normalized spacial score (nSPS) is 10.9. The number of fused-ring (bicyclic) bond motifs is 1. The maximum atomic E-state index is 12.9. The highest BCUT2D eigenvalue weighted by Gasteiger charge is 2.22. The third-order valence-electron chi connectivity index (χ3n) is 4.21. The minimum absolute atomic E-state index is 0.121. The Hall–Kier alpha value is -2.88. The lowest BCUT2D eigenvalue weighted by Gasteiger charge is -2.13. The topological polar surface area (TPSA) is 73.3 Å². The van der Waals surface area contributed by atoms with E-state index in [9.17, 15) is 9.59 Å². The van der Waals surface area contributed by atoms with E-state index in [1.54, 1.807) is 30.3 Å². The molecule has 0 aliphatic rings. The summed E-state index contributed by atoms with van der Waals surface area (Å²) in [6.07, 6.45) is 1.30. The molecule has 122 valence electrons. The summed E-state index contributed by atoms with van der Waals surface area (Å²) >= 11 is 0. The van der Waals surface area contributed by atoms with Crippen LogP contribution in [0.3, 0.4) is 0 Å². The predicted octanol–water partition coefficient (Wildman–Crippen LogP) is 3.73. The Balaban J connectivity index is 2.37. The third-order valence-corrected chi connectivity index (χ3v) is 4.21. The van der Waals surface area contributed by atoms with Gasteiger partial charge in [0.25, 0.3) is 0 Å². The summed E-state index contributed by atoms with van der Waals surface area (Å²) < 4.78 is 5.44. The fraction of sp³-hybridized carbons (Fsp3) is 0.200. The van der Waals surface area contributed by atoms with Crippen LogP contribution in [0.1, 0.15) is 40.9 Å². The number of carbonyl (C=O) groups is 1. The van der Waals surface area contributed by atoms with Crippen LogP contribution < -0.4 is 11.4 Å².